The summed E-state index contributed by atoms with van der Waals surface area (Å²) in [5.74, 6) is 0. The van der Waals surface area contributed by atoms with E-state index in [9.17, 15) is 5.11 Å². The number of halogens is 1. The minimum absolute atomic E-state index is 0.107. The zero-order valence-electron chi connectivity index (χ0n) is 9.84. The van der Waals surface area contributed by atoms with Crippen molar-refractivity contribution in [3.63, 3.8) is 0 Å². The zero-order valence-corrected chi connectivity index (χ0v) is 10.6. The summed E-state index contributed by atoms with van der Waals surface area (Å²) in [6, 6.07) is 0. The molecule has 0 fully saturated rings. The Hall–Kier alpha value is -0.540. The summed E-state index contributed by atoms with van der Waals surface area (Å²) in [7, 11) is 1.89. The van der Waals surface area contributed by atoms with Gasteiger partial charge in [0.25, 0.3) is 0 Å². The molecule has 0 saturated heterocycles. The lowest BCUT2D eigenvalue weighted by Gasteiger charge is -2.25. The largest absolute Gasteiger partial charge is 0.396 e. The normalized spacial score (nSPS) is 15.3. The molecule has 3 nitrogen and oxygen atoms in total. The van der Waals surface area contributed by atoms with Gasteiger partial charge in [-0.3, -0.25) is 4.68 Å². The Balaban J connectivity index is 2.98. The summed E-state index contributed by atoms with van der Waals surface area (Å²) in [5.41, 5.74) is 1.75. The van der Waals surface area contributed by atoms with Crippen LogP contribution in [0.1, 0.15) is 31.7 Å². The monoisotopic (exact) mass is 230 g/mol. The van der Waals surface area contributed by atoms with Gasteiger partial charge in [0.1, 0.15) is 0 Å². The summed E-state index contributed by atoms with van der Waals surface area (Å²) in [6.07, 6.45) is 1.68. The van der Waals surface area contributed by atoms with E-state index < -0.39 is 0 Å². The molecule has 0 aromatic carbocycles. The highest BCUT2D eigenvalue weighted by Gasteiger charge is 2.25. The molecule has 1 atom stereocenters. The van der Waals surface area contributed by atoms with Crippen LogP contribution in [0.25, 0.3) is 0 Å². The molecule has 0 aliphatic heterocycles. The van der Waals surface area contributed by atoms with E-state index in [0.717, 1.165) is 29.3 Å². The van der Waals surface area contributed by atoms with Crippen LogP contribution in [0.3, 0.4) is 0 Å². The highest BCUT2D eigenvalue weighted by atomic mass is 35.5. The topological polar surface area (TPSA) is 38.1 Å². The van der Waals surface area contributed by atoms with Crippen LogP contribution >= 0.6 is 11.6 Å². The lowest BCUT2D eigenvalue weighted by atomic mass is 9.83. The summed E-state index contributed by atoms with van der Waals surface area (Å²) in [5, 5.41) is 14.4. The maximum atomic E-state index is 9.36. The first kappa shape index (κ1) is 12.5. The first-order chi connectivity index (χ1) is 6.93. The van der Waals surface area contributed by atoms with E-state index >= 15 is 0 Å². The van der Waals surface area contributed by atoms with Crippen LogP contribution < -0.4 is 0 Å². The second-order valence-electron chi connectivity index (χ2n) is 4.47. The highest BCUT2D eigenvalue weighted by molar-refractivity contribution is 6.31. The van der Waals surface area contributed by atoms with Crippen LogP contribution in [0.2, 0.25) is 5.02 Å². The fourth-order valence-electron chi connectivity index (χ4n) is 1.57. The maximum Gasteiger partial charge on any atom is 0.0847 e. The van der Waals surface area contributed by atoms with Gasteiger partial charge >= 0.3 is 0 Å². The molecular formula is C11H19ClN2O. The summed E-state index contributed by atoms with van der Waals surface area (Å²) in [6.45, 7) is 6.21. The molecular weight excluding hydrogens is 212 g/mol. The van der Waals surface area contributed by atoms with Crippen LogP contribution in [0.15, 0.2) is 0 Å². The van der Waals surface area contributed by atoms with Gasteiger partial charge in [0, 0.05) is 13.7 Å². The maximum absolute atomic E-state index is 9.36. The second-order valence-corrected chi connectivity index (χ2v) is 4.85. The van der Waals surface area contributed by atoms with Crippen molar-refractivity contribution in [2.75, 3.05) is 6.61 Å². The average molecular weight is 231 g/mol. The Bertz CT molecular complexity index is 343. The Labute approximate surface area is 96.1 Å². The van der Waals surface area contributed by atoms with Gasteiger partial charge in [-0.2, -0.15) is 5.10 Å². The van der Waals surface area contributed by atoms with E-state index in [1.54, 1.807) is 4.68 Å². The van der Waals surface area contributed by atoms with E-state index in [-0.39, 0.29) is 12.0 Å². The van der Waals surface area contributed by atoms with Gasteiger partial charge in [0.15, 0.2) is 0 Å². The lowest BCUT2D eigenvalue weighted by molar-refractivity contribution is 0.135. The molecule has 1 aromatic heterocycles. The molecule has 0 aliphatic carbocycles. The Morgan fingerprint density at radius 2 is 2.13 bits per heavy atom. The van der Waals surface area contributed by atoms with Crippen molar-refractivity contribution < 1.29 is 5.11 Å². The molecule has 1 N–H and O–H groups in total. The molecule has 0 bridgehead atoms. The number of aliphatic hydroxyl groups excluding tert-OH is 1. The van der Waals surface area contributed by atoms with E-state index in [0.29, 0.717) is 0 Å². The smallest absolute Gasteiger partial charge is 0.0847 e. The number of aliphatic hydroxyl groups is 1. The van der Waals surface area contributed by atoms with Gasteiger partial charge in [-0.25, -0.2) is 0 Å². The van der Waals surface area contributed by atoms with Gasteiger partial charge in [0.2, 0.25) is 0 Å². The van der Waals surface area contributed by atoms with Crippen molar-refractivity contribution in [3.05, 3.63) is 16.4 Å². The van der Waals surface area contributed by atoms with Crippen LogP contribution in [-0.2, 0) is 13.5 Å². The van der Waals surface area contributed by atoms with Crippen LogP contribution in [-0.4, -0.2) is 21.5 Å². The number of nitrogens with zero attached hydrogens (tertiary/aromatic N) is 2. The van der Waals surface area contributed by atoms with E-state index in [1.807, 2.05) is 14.0 Å². The fourth-order valence-corrected chi connectivity index (χ4v) is 1.80. The zero-order chi connectivity index (χ0) is 11.6. The van der Waals surface area contributed by atoms with Crippen LogP contribution in [0, 0.1) is 12.3 Å². The molecule has 1 unspecified atom stereocenters. The number of rotatable bonds is 4. The summed E-state index contributed by atoms with van der Waals surface area (Å²) in [4.78, 5) is 0. The summed E-state index contributed by atoms with van der Waals surface area (Å²) < 4.78 is 1.81. The number of aryl methyl sites for hydroxylation is 2. The number of hydrogen-bond donors (Lipinski definition) is 1. The van der Waals surface area contributed by atoms with E-state index in [1.165, 1.54) is 0 Å². The molecule has 0 radical (unpaired) electrons. The van der Waals surface area contributed by atoms with Crippen molar-refractivity contribution in [3.8, 4) is 0 Å². The van der Waals surface area contributed by atoms with Crippen molar-refractivity contribution in [1.82, 2.24) is 9.78 Å². The van der Waals surface area contributed by atoms with E-state index in [4.69, 9.17) is 11.6 Å². The van der Waals surface area contributed by atoms with Crippen molar-refractivity contribution in [1.29, 1.82) is 0 Å². The molecule has 0 spiro atoms. The molecule has 1 heterocycles. The molecule has 15 heavy (non-hydrogen) atoms. The Morgan fingerprint density at radius 1 is 1.53 bits per heavy atom. The molecule has 4 heteroatoms. The van der Waals surface area contributed by atoms with Crippen LogP contribution in [0.4, 0.5) is 0 Å². The van der Waals surface area contributed by atoms with Gasteiger partial charge in [-0.15, -0.1) is 0 Å². The van der Waals surface area contributed by atoms with Gasteiger partial charge in [0.05, 0.1) is 16.4 Å². The number of hydrogen-bond acceptors (Lipinski definition) is 2. The Kier molecular flexibility index (Phi) is 3.79. The third-order valence-corrected chi connectivity index (χ3v) is 3.58. The molecule has 0 saturated carbocycles. The molecule has 1 rings (SSSR count). The lowest BCUT2D eigenvalue weighted by Crippen LogP contribution is -2.24. The van der Waals surface area contributed by atoms with Crippen molar-refractivity contribution in [2.24, 2.45) is 12.5 Å². The first-order valence-electron chi connectivity index (χ1n) is 5.22. The van der Waals surface area contributed by atoms with Gasteiger partial charge in [-0.1, -0.05) is 25.4 Å². The molecule has 1 aromatic rings. The average Bonchev–Trinajstić information content (AvgIpc) is 2.45. The Morgan fingerprint density at radius 3 is 2.47 bits per heavy atom. The van der Waals surface area contributed by atoms with Crippen LogP contribution in [0.5, 0.6) is 0 Å². The quantitative estimate of drug-likeness (QED) is 0.862. The standard InChI is InChI=1S/C11H19ClN2O/c1-5-11(3,7-15)6-9-10(12)8(2)13-14(9)4/h15H,5-7H2,1-4H3. The van der Waals surface area contributed by atoms with Gasteiger partial charge < -0.3 is 5.11 Å². The van der Waals surface area contributed by atoms with E-state index in [2.05, 4.69) is 18.9 Å². The third-order valence-electron chi connectivity index (χ3n) is 3.09. The highest BCUT2D eigenvalue weighted by Crippen LogP contribution is 2.30. The predicted molar refractivity (Wildman–Crippen MR) is 62.1 cm³/mol. The molecule has 0 aliphatic rings. The molecule has 0 amide bonds. The fraction of sp³-hybridized carbons (Fsp3) is 0.727. The SMILES string of the molecule is CCC(C)(CO)Cc1c(Cl)c(C)nn1C. The summed E-state index contributed by atoms with van der Waals surface area (Å²) >= 11 is 6.17. The minimum atomic E-state index is -0.107. The molecule has 86 valence electrons. The van der Waals surface area contributed by atoms with Gasteiger partial charge in [-0.05, 0) is 25.2 Å². The minimum Gasteiger partial charge on any atom is -0.396 e. The second kappa shape index (κ2) is 4.54. The number of aromatic nitrogens is 2. The third kappa shape index (κ3) is 2.52. The van der Waals surface area contributed by atoms with Crippen molar-refractivity contribution in [2.45, 2.75) is 33.6 Å². The first-order valence-corrected chi connectivity index (χ1v) is 5.60. The predicted octanol–water partition coefficient (Wildman–Crippen LogP) is 2.33. The van der Waals surface area contributed by atoms with Crippen molar-refractivity contribution >= 4 is 11.6 Å².